The van der Waals surface area contributed by atoms with Crippen LogP contribution in [0.3, 0.4) is 0 Å². The number of fused-ring (bicyclic) bond motifs is 1. The molecule has 2 rings (SSSR count). The molecule has 1 N–H and O–H groups in total. The van der Waals surface area contributed by atoms with Crippen molar-refractivity contribution in [1.82, 2.24) is 0 Å². The van der Waals surface area contributed by atoms with E-state index in [0.29, 0.717) is 27.8 Å². The van der Waals surface area contributed by atoms with Gasteiger partial charge in [-0.2, -0.15) is 0 Å². The van der Waals surface area contributed by atoms with E-state index in [4.69, 9.17) is 9.47 Å². The van der Waals surface area contributed by atoms with Crippen LogP contribution in [0.5, 0.6) is 17.2 Å². The van der Waals surface area contributed by atoms with Gasteiger partial charge >= 0.3 is 0 Å². The number of Topliss-reactive ketones (excluding diaryl/α,β-unsaturated/α-hetero) is 1. The summed E-state index contributed by atoms with van der Waals surface area (Å²) in [4.78, 5) is 11.6. The Bertz CT molecular complexity index is 617. The molecule has 0 aliphatic heterocycles. The highest BCUT2D eigenvalue weighted by Gasteiger charge is 2.18. The van der Waals surface area contributed by atoms with Crippen LogP contribution in [-0.2, 0) is 0 Å². The van der Waals surface area contributed by atoms with Gasteiger partial charge in [0.2, 0.25) is 0 Å². The number of carbonyl (C=O) groups is 1. The van der Waals surface area contributed by atoms with Crippen molar-refractivity contribution >= 4 is 16.6 Å². The Morgan fingerprint density at radius 3 is 2.50 bits per heavy atom. The zero-order valence-electron chi connectivity index (χ0n) is 10.5. The molecule has 0 aliphatic rings. The molecule has 0 aliphatic carbocycles. The zero-order chi connectivity index (χ0) is 13.3. The summed E-state index contributed by atoms with van der Waals surface area (Å²) in [5, 5.41) is 11.1. The highest BCUT2D eigenvalue weighted by Crippen LogP contribution is 2.41. The first-order valence-corrected chi connectivity index (χ1v) is 5.47. The van der Waals surface area contributed by atoms with Gasteiger partial charge < -0.3 is 14.6 Å². The molecule has 18 heavy (non-hydrogen) atoms. The molecule has 0 amide bonds. The Balaban J connectivity index is 2.96. The Labute approximate surface area is 105 Å². The van der Waals surface area contributed by atoms with Gasteiger partial charge in [-0.25, -0.2) is 0 Å². The normalized spacial score (nSPS) is 10.4. The molecular formula is C14H14O4. The van der Waals surface area contributed by atoms with Crippen LogP contribution in [-0.4, -0.2) is 25.1 Å². The number of carbonyl (C=O) groups excluding carboxylic acids is 1. The third-order valence-corrected chi connectivity index (χ3v) is 2.86. The number of hydrogen-bond donors (Lipinski definition) is 1. The summed E-state index contributed by atoms with van der Waals surface area (Å²) in [7, 11) is 3.00. The highest BCUT2D eigenvalue weighted by molar-refractivity contribution is 6.07. The van der Waals surface area contributed by atoms with E-state index in [9.17, 15) is 9.90 Å². The zero-order valence-corrected chi connectivity index (χ0v) is 10.5. The third-order valence-electron chi connectivity index (χ3n) is 2.86. The summed E-state index contributed by atoms with van der Waals surface area (Å²) in [6.45, 7) is 1.46. The minimum absolute atomic E-state index is 0.0951. The molecule has 0 atom stereocenters. The summed E-state index contributed by atoms with van der Waals surface area (Å²) < 4.78 is 10.5. The number of phenols is 1. The van der Waals surface area contributed by atoms with Crippen molar-refractivity contribution < 1.29 is 19.4 Å². The van der Waals surface area contributed by atoms with Crippen LogP contribution >= 0.6 is 0 Å². The fourth-order valence-electron chi connectivity index (χ4n) is 2.04. The van der Waals surface area contributed by atoms with Crippen LogP contribution in [0.15, 0.2) is 24.3 Å². The van der Waals surface area contributed by atoms with Gasteiger partial charge in [0.05, 0.1) is 25.2 Å². The summed E-state index contributed by atoms with van der Waals surface area (Å²) >= 11 is 0. The second-order valence-corrected chi connectivity index (χ2v) is 3.92. The first-order chi connectivity index (χ1) is 8.60. The van der Waals surface area contributed by atoms with Gasteiger partial charge in [0.15, 0.2) is 5.78 Å². The quantitative estimate of drug-likeness (QED) is 0.846. The molecule has 0 unspecified atom stereocenters. The largest absolute Gasteiger partial charge is 0.507 e. The number of ether oxygens (including phenoxy) is 2. The second-order valence-electron chi connectivity index (χ2n) is 3.92. The SMILES string of the molecule is COc1c(C(C)=O)cc(OC)c2c(O)cccc12. The third kappa shape index (κ3) is 1.76. The summed E-state index contributed by atoms with van der Waals surface area (Å²) in [6, 6.07) is 6.63. The monoisotopic (exact) mass is 246 g/mol. The first-order valence-electron chi connectivity index (χ1n) is 5.47. The van der Waals surface area contributed by atoms with Gasteiger partial charge in [-0.15, -0.1) is 0 Å². The van der Waals surface area contributed by atoms with Crippen molar-refractivity contribution in [3.8, 4) is 17.2 Å². The van der Waals surface area contributed by atoms with Crippen molar-refractivity contribution in [3.63, 3.8) is 0 Å². The molecule has 0 saturated carbocycles. The molecule has 0 spiro atoms. The Morgan fingerprint density at radius 2 is 1.94 bits per heavy atom. The molecule has 4 nitrogen and oxygen atoms in total. The molecule has 0 heterocycles. The van der Waals surface area contributed by atoms with E-state index < -0.39 is 0 Å². The van der Waals surface area contributed by atoms with E-state index in [1.54, 1.807) is 24.3 Å². The summed E-state index contributed by atoms with van der Waals surface area (Å²) in [6.07, 6.45) is 0. The lowest BCUT2D eigenvalue weighted by Crippen LogP contribution is -2.00. The Hall–Kier alpha value is -2.23. The predicted molar refractivity (Wildman–Crippen MR) is 68.7 cm³/mol. The Kier molecular flexibility index (Phi) is 3.10. The number of phenolic OH excluding ortho intramolecular Hbond substituents is 1. The first kappa shape index (κ1) is 12.2. The fourth-order valence-corrected chi connectivity index (χ4v) is 2.04. The maximum Gasteiger partial charge on any atom is 0.163 e. The van der Waals surface area contributed by atoms with E-state index in [0.717, 1.165) is 0 Å². The lowest BCUT2D eigenvalue weighted by molar-refractivity contribution is 0.101. The summed E-state index contributed by atoms with van der Waals surface area (Å²) in [5.41, 5.74) is 0.437. The van der Waals surface area contributed by atoms with E-state index in [2.05, 4.69) is 0 Å². The van der Waals surface area contributed by atoms with Gasteiger partial charge in [0.1, 0.15) is 17.2 Å². The topological polar surface area (TPSA) is 55.8 Å². The van der Waals surface area contributed by atoms with Crippen molar-refractivity contribution in [3.05, 3.63) is 29.8 Å². The van der Waals surface area contributed by atoms with E-state index in [-0.39, 0.29) is 11.5 Å². The standard InChI is InChI=1S/C14H14O4/c1-8(15)10-7-12(17-2)13-9(14(10)18-3)5-4-6-11(13)16/h4-7,16H,1-3H3. The number of rotatable bonds is 3. The van der Waals surface area contributed by atoms with Crippen LogP contribution in [0.2, 0.25) is 0 Å². The smallest absolute Gasteiger partial charge is 0.163 e. The number of aromatic hydroxyl groups is 1. The molecule has 94 valence electrons. The number of benzene rings is 2. The average Bonchev–Trinajstić information content (AvgIpc) is 2.36. The van der Waals surface area contributed by atoms with E-state index >= 15 is 0 Å². The van der Waals surface area contributed by atoms with Crippen molar-refractivity contribution in [2.45, 2.75) is 6.92 Å². The minimum atomic E-state index is -0.115. The van der Waals surface area contributed by atoms with Crippen molar-refractivity contribution in [2.24, 2.45) is 0 Å². The minimum Gasteiger partial charge on any atom is -0.507 e. The van der Waals surface area contributed by atoms with Crippen LogP contribution in [0, 0.1) is 0 Å². The molecule has 2 aromatic carbocycles. The second kappa shape index (κ2) is 4.56. The molecule has 0 bridgehead atoms. The fraction of sp³-hybridized carbons (Fsp3) is 0.214. The predicted octanol–water partition coefficient (Wildman–Crippen LogP) is 2.77. The molecule has 2 aromatic rings. The van der Waals surface area contributed by atoms with Crippen LogP contribution in [0.4, 0.5) is 0 Å². The number of ketones is 1. The maximum atomic E-state index is 11.6. The highest BCUT2D eigenvalue weighted by atomic mass is 16.5. The van der Waals surface area contributed by atoms with Gasteiger partial charge in [0.25, 0.3) is 0 Å². The van der Waals surface area contributed by atoms with Gasteiger partial charge in [-0.05, 0) is 19.1 Å². The lowest BCUT2D eigenvalue weighted by Gasteiger charge is -2.14. The maximum absolute atomic E-state index is 11.6. The number of hydrogen-bond acceptors (Lipinski definition) is 4. The molecular weight excluding hydrogens is 232 g/mol. The van der Waals surface area contributed by atoms with Crippen LogP contribution in [0.25, 0.3) is 10.8 Å². The average molecular weight is 246 g/mol. The van der Waals surface area contributed by atoms with E-state index in [1.807, 2.05) is 0 Å². The number of methoxy groups -OCH3 is 2. The van der Waals surface area contributed by atoms with Gasteiger partial charge in [-0.1, -0.05) is 12.1 Å². The van der Waals surface area contributed by atoms with Crippen LogP contribution in [0.1, 0.15) is 17.3 Å². The van der Waals surface area contributed by atoms with Gasteiger partial charge in [0, 0.05) is 5.39 Å². The lowest BCUT2D eigenvalue weighted by atomic mass is 10.0. The Morgan fingerprint density at radius 1 is 1.22 bits per heavy atom. The molecule has 4 heteroatoms. The van der Waals surface area contributed by atoms with E-state index in [1.165, 1.54) is 21.1 Å². The van der Waals surface area contributed by atoms with Gasteiger partial charge in [-0.3, -0.25) is 4.79 Å². The molecule has 0 radical (unpaired) electrons. The van der Waals surface area contributed by atoms with Crippen LogP contribution < -0.4 is 9.47 Å². The molecule has 0 saturated heterocycles. The molecule has 0 fully saturated rings. The molecule has 0 aromatic heterocycles. The summed E-state index contributed by atoms with van der Waals surface area (Å²) in [5.74, 6) is 0.886. The van der Waals surface area contributed by atoms with Crippen molar-refractivity contribution in [2.75, 3.05) is 14.2 Å². The van der Waals surface area contributed by atoms with Crippen molar-refractivity contribution in [1.29, 1.82) is 0 Å².